The number of hydrogen-bond donors (Lipinski definition) is 0. The van der Waals surface area contributed by atoms with E-state index in [-0.39, 0.29) is 12.5 Å². The van der Waals surface area contributed by atoms with E-state index in [2.05, 4.69) is 9.88 Å². The number of hydrogen-bond acceptors (Lipinski definition) is 7. The first-order valence-corrected chi connectivity index (χ1v) is 11.0. The number of benzene rings is 2. The molecule has 0 unspecified atom stereocenters. The zero-order chi connectivity index (χ0) is 22.4. The number of rotatable bonds is 10. The predicted molar refractivity (Wildman–Crippen MR) is 125 cm³/mol. The summed E-state index contributed by atoms with van der Waals surface area (Å²) in [6.07, 6.45) is 0.794. The maximum atomic E-state index is 13.1. The molecule has 0 spiro atoms. The number of halogens is 1. The summed E-state index contributed by atoms with van der Waals surface area (Å²) in [5.41, 5.74) is 0.650. The topological polar surface area (TPSA) is 64.1 Å². The quantitative estimate of drug-likeness (QED) is 0.446. The summed E-state index contributed by atoms with van der Waals surface area (Å²) in [7, 11) is 7.19. The lowest BCUT2D eigenvalue weighted by atomic mass is 10.3. The summed E-state index contributed by atoms with van der Waals surface area (Å²) in [6, 6.07) is 10.7. The Bertz CT molecular complexity index is 1020. The SMILES string of the molecule is COc1ccc(OCC(=O)N(CCCN(C)C)c2nc3c(OC)ccc(Cl)c3s2)cc1. The van der Waals surface area contributed by atoms with E-state index < -0.39 is 0 Å². The van der Waals surface area contributed by atoms with Gasteiger partial charge in [-0.2, -0.15) is 0 Å². The molecule has 0 N–H and O–H groups in total. The van der Waals surface area contributed by atoms with E-state index in [9.17, 15) is 4.79 Å². The molecule has 1 amide bonds. The largest absolute Gasteiger partial charge is 0.497 e. The second kappa shape index (κ2) is 10.7. The van der Waals surface area contributed by atoms with Crippen LogP contribution in [0.15, 0.2) is 36.4 Å². The van der Waals surface area contributed by atoms with E-state index in [4.69, 9.17) is 25.8 Å². The normalized spacial score (nSPS) is 11.0. The number of carbonyl (C=O) groups excluding carboxylic acids is 1. The lowest BCUT2D eigenvalue weighted by molar-refractivity contribution is -0.120. The number of aromatic nitrogens is 1. The molecule has 0 aliphatic carbocycles. The molecular weight excluding hydrogens is 438 g/mol. The van der Waals surface area contributed by atoms with E-state index >= 15 is 0 Å². The van der Waals surface area contributed by atoms with Gasteiger partial charge in [0.05, 0.1) is 23.9 Å². The van der Waals surface area contributed by atoms with Gasteiger partial charge in [-0.15, -0.1) is 0 Å². The zero-order valence-corrected chi connectivity index (χ0v) is 19.6. The summed E-state index contributed by atoms with van der Waals surface area (Å²) in [4.78, 5) is 21.5. The molecule has 31 heavy (non-hydrogen) atoms. The highest BCUT2D eigenvalue weighted by atomic mass is 35.5. The van der Waals surface area contributed by atoms with Crippen molar-refractivity contribution in [2.45, 2.75) is 6.42 Å². The number of amides is 1. The number of fused-ring (bicyclic) bond motifs is 1. The molecule has 7 nitrogen and oxygen atoms in total. The van der Waals surface area contributed by atoms with Crippen LogP contribution in [0.1, 0.15) is 6.42 Å². The Balaban J connectivity index is 1.82. The average molecular weight is 464 g/mol. The molecule has 0 saturated carbocycles. The molecule has 2 aromatic carbocycles. The Morgan fingerprint density at radius 3 is 2.39 bits per heavy atom. The van der Waals surface area contributed by atoms with Crippen LogP contribution in [0.3, 0.4) is 0 Å². The number of nitrogens with zero attached hydrogens (tertiary/aromatic N) is 3. The Hall–Kier alpha value is -2.55. The maximum Gasteiger partial charge on any atom is 0.266 e. The van der Waals surface area contributed by atoms with Crippen molar-refractivity contribution in [3.8, 4) is 17.2 Å². The van der Waals surface area contributed by atoms with Crippen molar-refractivity contribution in [2.24, 2.45) is 0 Å². The van der Waals surface area contributed by atoms with Gasteiger partial charge in [-0.05, 0) is 63.5 Å². The maximum absolute atomic E-state index is 13.1. The highest BCUT2D eigenvalue weighted by Gasteiger charge is 2.22. The van der Waals surface area contributed by atoms with Crippen molar-refractivity contribution in [1.29, 1.82) is 0 Å². The Morgan fingerprint density at radius 1 is 1.03 bits per heavy atom. The summed E-state index contributed by atoms with van der Waals surface area (Å²) in [6.45, 7) is 1.26. The van der Waals surface area contributed by atoms with Crippen LogP contribution < -0.4 is 19.1 Å². The monoisotopic (exact) mass is 463 g/mol. The minimum absolute atomic E-state index is 0.102. The van der Waals surface area contributed by atoms with Gasteiger partial charge in [0.1, 0.15) is 22.8 Å². The summed E-state index contributed by atoms with van der Waals surface area (Å²) >= 11 is 7.74. The first-order valence-electron chi connectivity index (χ1n) is 9.78. The van der Waals surface area contributed by atoms with Gasteiger partial charge in [0, 0.05) is 6.54 Å². The highest BCUT2D eigenvalue weighted by molar-refractivity contribution is 7.23. The molecule has 9 heteroatoms. The third kappa shape index (κ3) is 5.78. The van der Waals surface area contributed by atoms with Gasteiger partial charge in [0.2, 0.25) is 0 Å². The van der Waals surface area contributed by atoms with Gasteiger partial charge in [0.15, 0.2) is 11.7 Å². The molecule has 0 radical (unpaired) electrons. The lowest BCUT2D eigenvalue weighted by Crippen LogP contribution is -2.36. The second-order valence-corrected chi connectivity index (χ2v) is 8.47. The third-order valence-electron chi connectivity index (χ3n) is 4.61. The number of methoxy groups -OCH3 is 2. The number of anilines is 1. The third-order valence-corrected chi connectivity index (χ3v) is 6.15. The van der Waals surface area contributed by atoms with Crippen molar-refractivity contribution in [1.82, 2.24) is 9.88 Å². The van der Waals surface area contributed by atoms with Crippen LogP contribution in [0.4, 0.5) is 5.13 Å². The van der Waals surface area contributed by atoms with Gasteiger partial charge in [-0.25, -0.2) is 4.98 Å². The molecular formula is C22H26ClN3O4S. The molecule has 1 heterocycles. The molecule has 0 aliphatic heterocycles. The van der Waals surface area contributed by atoms with Crippen LogP contribution in [-0.4, -0.2) is 63.8 Å². The van der Waals surface area contributed by atoms with Gasteiger partial charge >= 0.3 is 0 Å². The van der Waals surface area contributed by atoms with Gasteiger partial charge in [0.25, 0.3) is 5.91 Å². The van der Waals surface area contributed by atoms with Crippen LogP contribution in [-0.2, 0) is 4.79 Å². The lowest BCUT2D eigenvalue weighted by Gasteiger charge is -2.21. The highest BCUT2D eigenvalue weighted by Crippen LogP contribution is 2.38. The van der Waals surface area contributed by atoms with Crippen LogP contribution in [0.2, 0.25) is 5.02 Å². The van der Waals surface area contributed by atoms with Gasteiger partial charge < -0.3 is 19.1 Å². The van der Waals surface area contributed by atoms with Crippen molar-refractivity contribution in [3.05, 3.63) is 41.4 Å². The van der Waals surface area contributed by atoms with Gasteiger partial charge in [-0.3, -0.25) is 9.69 Å². The fraction of sp³-hybridized carbons (Fsp3) is 0.364. The van der Waals surface area contributed by atoms with E-state index in [0.717, 1.165) is 23.4 Å². The molecule has 0 fully saturated rings. The molecule has 0 saturated heterocycles. The van der Waals surface area contributed by atoms with Crippen LogP contribution in [0, 0.1) is 0 Å². The van der Waals surface area contributed by atoms with E-state index in [1.54, 1.807) is 55.5 Å². The van der Waals surface area contributed by atoms with Gasteiger partial charge in [-0.1, -0.05) is 22.9 Å². The van der Waals surface area contributed by atoms with Crippen LogP contribution >= 0.6 is 22.9 Å². The number of thiazole rings is 1. The molecule has 0 atom stereocenters. The Labute approximate surface area is 191 Å². The van der Waals surface area contributed by atoms with Crippen molar-refractivity contribution >= 4 is 44.2 Å². The van der Waals surface area contributed by atoms with Crippen LogP contribution in [0.25, 0.3) is 10.2 Å². The summed E-state index contributed by atoms with van der Waals surface area (Å²) in [5, 5.41) is 1.15. The Kier molecular flexibility index (Phi) is 7.95. The molecule has 1 aromatic heterocycles. The molecule has 3 aromatic rings. The van der Waals surface area contributed by atoms with Crippen LogP contribution in [0.5, 0.6) is 17.2 Å². The van der Waals surface area contributed by atoms with E-state index in [1.807, 2.05) is 14.1 Å². The standard InChI is InChI=1S/C22H26ClN3O4S/c1-25(2)12-5-13-26(19(27)14-30-16-8-6-15(28-3)7-9-16)22-24-20-18(29-4)11-10-17(23)21(20)31-22/h6-11H,5,12-14H2,1-4H3. The molecule has 0 bridgehead atoms. The van der Waals surface area contributed by atoms with E-state index in [1.165, 1.54) is 11.3 Å². The molecule has 166 valence electrons. The van der Waals surface area contributed by atoms with E-state index in [0.29, 0.717) is 33.7 Å². The second-order valence-electron chi connectivity index (χ2n) is 7.09. The van der Waals surface area contributed by atoms with Crippen molar-refractivity contribution in [3.63, 3.8) is 0 Å². The first-order chi connectivity index (χ1) is 14.9. The van der Waals surface area contributed by atoms with Crippen molar-refractivity contribution in [2.75, 3.05) is 52.9 Å². The summed E-state index contributed by atoms with van der Waals surface area (Å²) < 4.78 is 17.1. The van der Waals surface area contributed by atoms with Crippen molar-refractivity contribution < 1.29 is 19.0 Å². The summed E-state index contributed by atoms with van der Waals surface area (Å²) in [5.74, 6) is 1.77. The minimum atomic E-state index is -0.177. The molecule has 0 aliphatic rings. The number of ether oxygens (including phenoxy) is 3. The fourth-order valence-electron chi connectivity index (χ4n) is 2.99. The predicted octanol–water partition coefficient (Wildman–Crippen LogP) is 4.33. The smallest absolute Gasteiger partial charge is 0.266 e. The first kappa shape index (κ1) is 23.1. The average Bonchev–Trinajstić information content (AvgIpc) is 3.21. The molecule has 3 rings (SSSR count). The zero-order valence-electron chi connectivity index (χ0n) is 18.1. The fourth-order valence-corrected chi connectivity index (χ4v) is 4.29. The minimum Gasteiger partial charge on any atom is -0.497 e. The Morgan fingerprint density at radius 2 is 1.74 bits per heavy atom. The number of carbonyl (C=O) groups is 1.